The van der Waals surface area contributed by atoms with Crippen LogP contribution in [0.4, 0.5) is 26.3 Å². The molecule has 0 fully saturated rings. The fourth-order valence-corrected chi connectivity index (χ4v) is 3.94. The van der Waals surface area contributed by atoms with E-state index < -0.39 is 55.5 Å². The smallest absolute Gasteiger partial charge is 0.379 e. The van der Waals surface area contributed by atoms with Gasteiger partial charge < -0.3 is 4.18 Å². The Morgan fingerprint density at radius 3 is 2.11 bits per heavy atom. The topological polar surface area (TPSA) is 84.8 Å². The summed E-state index contributed by atoms with van der Waals surface area (Å²) in [4.78, 5) is 11.5. The number of hydrazone groups is 1. The Labute approximate surface area is 195 Å². The van der Waals surface area contributed by atoms with Crippen molar-refractivity contribution in [1.82, 2.24) is 5.43 Å². The van der Waals surface area contributed by atoms with Crippen LogP contribution in [0.15, 0.2) is 82.8 Å². The Kier molecular flexibility index (Phi) is 7.19. The van der Waals surface area contributed by atoms with Crippen LogP contribution >= 0.6 is 0 Å². The summed E-state index contributed by atoms with van der Waals surface area (Å²) >= 11 is 0. The van der Waals surface area contributed by atoms with Gasteiger partial charge in [-0.25, -0.2) is 5.43 Å². The molecule has 0 radical (unpaired) electrons. The fraction of sp³-hybridized carbons (Fsp3) is 0.0909. The van der Waals surface area contributed by atoms with Crippen LogP contribution in [0, 0.1) is 0 Å². The molecule has 0 heterocycles. The van der Waals surface area contributed by atoms with Crippen molar-refractivity contribution in [1.29, 1.82) is 0 Å². The first-order valence-electron chi connectivity index (χ1n) is 9.49. The molecule has 0 saturated heterocycles. The summed E-state index contributed by atoms with van der Waals surface area (Å²) < 4.78 is 109. The normalized spacial score (nSPS) is 12.5. The number of carbonyl (C=O) groups is 1. The highest BCUT2D eigenvalue weighted by Gasteiger charge is 2.35. The van der Waals surface area contributed by atoms with Crippen LogP contribution in [-0.4, -0.2) is 20.5 Å². The number of carbonyl (C=O) groups excluding carboxylic acids is 1. The summed E-state index contributed by atoms with van der Waals surface area (Å²) in [5.41, 5.74) is -2.14. The summed E-state index contributed by atoms with van der Waals surface area (Å²) in [5, 5.41) is 3.37. The first kappa shape index (κ1) is 25.7. The highest BCUT2D eigenvalue weighted by Crippen LogP contribution is 2.33. The molecule has 0 aromatic heterocycles. The molecule has 13 heteroatoms. The molecule has 1 amide bonds. The van der Waals surface area contributed by atoms with Gasteiger partial charge in [0.2, 0.25) is 0 Å². The summed E-state index contributed by atoms with van der Waals surface area (Å²) in [6.07, 6.45) is -9.14. The maximum atomic E-state index is 13.2. The monoisotopic (exact) mass is 516 g/mol. The van der Waals surface area contributed by atoms with Gasteiger partial charge in [0.15, 0.2) is 0 Å². The van der Waals surface area contributed by atoms with Crippen molar-refractivity contribution in [2.24, 2.45) is 5.10 Å². The van der Waals surface area contributed by atoms with Gasteiger partial charge in [-0.2, -0.15) is 39.9 Å². The maximum Gasteiger partial charge on any atom is 0.417 e. The van der Waals surface area contributed by atoms with E-state index in [2.05, 4.69) is 5.10 Å². The number of halogens is 6. The Bertz CT molecular complexity index is 1350. The van der Waals surface area contributed by atoms with Crippen LogP contribution in [0.1, 0.15) is 27.0 Å². The van der Waals surface area contributed by atoms with E-state index in [9.17, 15) is 39.6 Å². The number of alkyl halides is 6. The van der Waals surface area contributed by atoms with E-state index in [0.29, 0.717) is 30.5 Å². The van der Waals surface area contributed by atoms with Crippen molar-refractivity contribution in [2.45, 2.75) is 17.2 Å². The number of benzene rings is 3. The van der Waals surface area contributed by atoms with Crippen LogP contribution in [-0.2, 0) is 22.5 Å². The molecule has 3 aromatic carbocycles. The van der Waals surface area contributed by atoms with Gasteiger partial charge in [0.05, 0.1) is 22.9 Å². The molecule has 0 atom stereocenters. The number of hydrogen-bond acceptors (Lipinski definition) is 5. The van der Waals surface area contributed by atoms with Crippen LogP contribution in [0.2, 0.25) is 0 Å². The summed E-state index contributed by atoms with van der Waals surface area (Å²) in [6.45, 7) is 0. The number of para-hydroxylation sites is 1. The molecule has 3 aromatic rings. The first-order valence-corrected chi connectivity index (χ1v) is 10.9. The highest BCUT2D eigenvalue weighted by molar-refractivity contribution is 7.87. The van der Waals surface area contributed by atoms with Crippen molar-refractivity contribution < 1.29 is 43.7 Å². The second-order valence-corrected chi connectivity index (χ2v) is 8.36. The van der Waals surface area contributed by atoms with Crippen molar-refractivity contribution in [3.05, 3.63) is 95.1 Å². The van der Waals surface area contributed by atoms with E-state index in [4.69, 9.17) is 4.18 Å². The van der Waals surface area contributed by atoms with Crippen molar-refractivity contribution in [2.75, 3.05) is 0 Å². The van der Waals surface area contributed by atoms with Crippen LogP contribution in [0.5, 0.6) is 5.75 Å². The van der Waals surface area contributed by atoms with E-state index in [1.807, 2.05) is 0 Å². The predicted molar refractivity (Wildman–Crippen MR) is 112 cm³/mol. The van der Waals surface area contributed by atoms with Gasteiger partial charge >= 0.3 is 22.5 Å². The summed E-state index contributed by atoms with van der Waals surface area (Å²) in [6, 6.07) is 12.5. The molecule has 0 aliphatic heterocycles. The molecule has 3 rings (SSSR count). The minimum Gasteiger partial charge on any atom is -0.379 e. The molecule has 0 unspecified atom stereocenters. The molecule has 6 nitrogen and oxygen atoms in total. The Balaban J connectivity index is 1.95. The van der Waals surface area contributed by atoms with E-state index in [-0.39, 0.29) is 5.75 Å². The van der Waals surface area contributed by atoms with E-state index in [0.717, 1.165) is 12.1 Å². The lowest BCUT2D eigenvalue weighted by molar-refractivity contribution is -0.138. The zero-order valence-electron chi connectivity index (χ0n) is 17.3. The molecule has 0 bridgehead atoms. The molecular formula is C22H14F6N2O4S. The van der Waals surface area contributed by atoms with Gasteiger partial charge in [-0.05, 0) is 42.5 Å². The average molecular weight is 516 g/mol. The zero-order chi connectivity index (χ0) is 25.9. The number of rotatable bonds is 6. The van der Waals surface area contributed by atoms with Crippen molar-refractivity contribution in [3.8, 4) is 5.75 Å². The third-order valence-corrected chi connectivity index (χ3v) is 5.72. The lowest BCUT2D eigenvalue weighted by Gasteiger charge is -2.13. The molecule has 0 aliphatic rings. The lowest BCUT2D eigenvalue weighted by atomic mass is 10.1. The third kappa shape index (κ3) is 6.38. The predicted octanol–water partition coefficient (Wildman–Crippen LogP) is 5.26. The van der Waals surface area contributed by atoms with Crippen LogP contribution < -0.4 is 9.61 Å². The number of nitrogens with zero attached hydrogens (tertiary/aromatic N) is 1. The third-order valence-electron chi connectivity index (χ3n) is 4.40. The summed E-state index contributed by atoms with van der Waals surface area (Å²) in [7, 11) is -4.66. The zero-order valence-corrected chi connectivity index (χ0v) is 18.1. The van der Waals surface area contributed by atoms with E-state index in [1.165, 1.54) is 30.3 Å². The number of nitrogens with one attached hydrogen (secondary N) is 1. The quantitative estimate of drug-likeness (QED) is 0.210. The molecule has 0 aliphatic carbocycles. The number of amides is 1. The van der Waals surface area contributed by atoms with Crippen molar-refractivity contribution in [3.63, 3.8) is 0 Å². The van der Waals surface area contributed by atoms with Crippen molar-refractivity contribution >= 4 is 22.2 Å². The molecular weight excluding hydrogens is 502 g/mol. The molecule has 0 saturated carbocycles. The molecule has 1 N–H and O–H groups in total. The molecule has 184 valence electrons. The molecule has 0 spiro atoms. The second kappa shape index (κ2) is 9.78. The lowest BCUT2D eigenvalue weighted by Crippen LogP contribution is -2.22. The standard InChI is InChI=1S/C22H14F6N2O4S/c23-21(24,25)15-10-11-19(35(32,33)34-16-6-2-1-3-7-16)14(12-15)13-29-30-20(31)17-8-4-5-9-18(17)22(26,27)28/h1-13H,(H,30,31)/b29-13+. The van der Waals surface area contributed by atoms with E-state index in [1.54, 1.807) is 11.5 Å². The Hall–Kier alpha value is -3.87. The van der Waals surface area contributed by atoms with Crippen LogP contribution in [0.25, 0.3) is 0 Å². The van der Waals surface area contributed by atoms with Gasteiger partial charge in [0, 0.05) is 5.56 Å². The van der Waals surface area contributed by atoms with Gasteiger partial charge in [-0.3, -0.25) is 4.79 Å². The Morgan fingerprint density at radius 2 is 1.49 bits per heavy atom. The largest absolute Gasteiger partial charge is 0.417 e. The fourth-order valence-electron chi connectivity index (χ4n) is 2.85. The van der Waals surface area contributed by atoms with E-state index >= 15 is 0 Å². The first-order chi connectivity index (χ1) is 16.3. The van der Waals surface area contributed by atoms with Gasteiger partial charge in [-0.1, -0.05) is 30.3 Å². The average Bonchev–Trinajstić information content (AvgIpc) is 2.78. The second-order valence-electron chi connectivity index (χ2n) is 6.84. The molecule has 35 heavy (non-hydrogen) atoms. The highest BCUT2D eigenvalue weighted by atomic mass is 32.2. The number of hydrogen-bond donors (Lipinski definition) is 1. The van der Waals surface area contributed by atoms with Gasteiger partial charge in [0.1, 0.15) is 10.6 Å². The van der Waals surface area contributed by atoms with Gasteiger partial charge in [0.25, 0.3) is 5.91 Å². The summed E-state index contributed by atoms with van der Waals surface area (Å²) in [5.74, 6) is -1.43. The van der Waals surface area contributed by atoms with Crippen LogP contribution in [0.3, 0.4) is 0 Å². The Morgan fingerprint density at radius 1 is 0.857 bits per heavy atom. The minimum absolute atomic E-state index is 0.118. The minimum atomic E-state index is -4.85. The van der Waals surface area contributed by atoms with Gasteiger partial charge in [-0.15, -0.1) is 0 Å². The maximum absolute atomic E-state index is 13.2. The SMILES string of the molecule is O=C(N/N=C/c1cc(C(F)(F)F)ccc1S(=O)(=O)Oc1ccccc1)c1ccccc1C(F)(F)F.